The molecule has 8 heteroatoms. The van der Waals surface area contributed by atoms with Gasteiger partial charge in [-0.1, -0.05) is 25.4 Å². The lowest BCUT2D eigenvalue weighted by Crippen LogP contribution is -2.29. The normalized spacial score (nSPS) is 22.6. The van der Waals surface area contributed by atoms with Gasteiger partial charge in [-0.2, -0.15) is 0 Å². The number of primary sulfonamides is 1. The van der Waals surface area contributed by atoms with Gasteiger partial charge in [-0.25, -0.2) is 13.6 Å². The largest absolute Gasteiger partial charge is 0.338 e. The van der Waals surface area contributed by atoms with Crippen LogP contribution in [-0.2, 0) is 10.0 Å². The van der Waals surface area contributed by atoms with E-state index in [1.807, 2.05) is 0 Å². The summed E-state index contributed by atoms with van der Waals surface area (Å²) in [6.07, 6.45) is 0. The molecule has 2 unspecified atom stereocenters. The second kappa shape index (κ2) is 5.87. The molecule has 0 aliphatic carbocycles. The van der Waals surface area contributed by atoms with Crippen molar-refractivity contribution in [1.29, 1.82) is 0 Å². The van der Waals surface area contributed by atoms with Gasteiger partial charge in [0.2, 0.25) is 10.0 Å². The van der Waals surface area contributed by atoms with E-state index in [0.717, 1.165) is 0 Å². The molecule has 21 heavy (non-hydrogen) atoms. The van der Waals surface area contributed by atoms with Gasteiger partial charge in [0, 0.05) is 18.7 Å². The molecule has 0 bridgehead atoms. The molecule has 1 aromatic rings. The minimum atomic E-state index is -3.96. The van der Waals surface area contributed by atoms with Gasteiger partial charge in [-0.05, 0) is 39.9 Å². The number of carbonyl (C=O) groups is 1. The molecule has 0 aromatic heterocycles. The Balaban J connectivity index is 2.42. The fraction of sp³-hybridized carbons (Fsp3) is 0.462. The first-order chi connectivity index (χ1) is 9.61. The van der Waals surface area contributed by atoms with Crippen molar-refractivity contribution in [3.8, 4) is 0 Å². The summed E-state index contributed by atoms with van der Waals surface area (Å²) in [5.74, 6) is 0.598. The highest BCUT2D eigenvalue weighted by Gasteiger charge is 2.31. The highest BCUT2D eigenvalue weighted by molar-refractivity contribution is 9.10. The third-order valence-corrected chi connectivity index (χ3v) is 6.40. The lowest BCUT2D eigenvalue weighted by atomic mass is 10.0. The molecule has 5 nitrogen and oxygen atoms in total. The Bertz CT molecular complexity index is 683. The number of likely N-dealkylation sites (tertiary alicyclic amines) is 1. The Morgan fingerprint density at radius 1 is 1.33 bits per heavy atom. The maximum Gasteiger partial charge on any atom is 0.253 e. The first-order valence-corrected chi connectivity index (χ1v) is 9.14. The number of hydrogen-bond donors (Lipinski definition) is 1. The summed E-state index contributed by atoms with van der Waals surface area (Å²) in [5, 5.41) is 5.30. The fourth-order valence-electron chi connectivity index (χ4n) is 2.37. The van der Waals surface area contributed by atoms with Gasteiger partial charge in [0.1, 0.15) is 0 Å². The third kappa shape index (κ3) is 3.41. The van der Waals surface area contributed by atoms with Crippen LogP contribution in [0.15, 0.2) is 21.5 Å². The number of amides is 1. The fourth-order valence-corrected chi connectivity index (χ4v) is 4.20. The number of benzene rings is 1. The molecule has 1 aliphatic rings. The highest BCUT2D eigenvalue weighted by atomic mass is 79.9. The zero-order chi connectivity index (χ0) is 15.9. The number of rotatable bonds is 2. The Hall–Kier alpha value is -0.630. The number of hydrogen-bond acceptors (Lipinski definition) is 3. The molecule has 2 N–H and O–H groups in total. The zero-order valence-electron chi connectivity index (χ0n) is 11.6. The Kier molecular flexibility index (Phi) is 4.68. The first-order valence-electron chi connectivity index (χ1n) is 6.42. The lowest BCUT2D eigenvalue weighted by molar-refractivity contribution is 0.0784. The molecule has 116 valence electrons. The van der Waals surface area contributed by atoms with E-state index < -0.39 is 10.0 Å². The summed E-state index contributed by atoms with van der Waals surface area (Å²) in [7, 11) is -3.96. The average molecular weight is 396 g/mol. The number of nitrogens with zero attached hydrogens (tertiary/aromatic N) is 1. The van der Waals surface area contributed by atoms with E-state index in [2.05, 4.69) is 29.8 Å². The molecule has 2 rings (SSSR count). The predicted octanol–water partition coefficient (Wildman–Crippen LogP) is 2.48. The number of carbonyl (C=O) groups excluding carboxylic acids is 1. The van der Waals surface area contributed by atoms with E-state index in [-0.39, 0.29) is 25.9 Å². The van der Waals surface area contributed by atoms with Gasteiger partial charge < -0.3 is 4.90 Å². The van der Waals surface area contributed by atoms with Crippen molar-refractivity contribution < 1.29 is 13.2 Å². The van der Waals surface area contributed by atoms with Gasteiger partial charge in [0.05, 0.1) is 14.4 Å². The van der Waals surface area contributed by atoms with E-state index in [0.29, 0.717) is 24.9 Å². The van der Waals surface area contributed by atoms with Crippen LogP contribution < -0.4 is 5.14 Å². The second-order valence-electron chi connectivity index (χ2n) is 5.48. The van der Waals surface area contributed by atoms with Crippen LogP contribution in [0.5, 0.6) is 0 Å². The summed E-state index contributed by atoms with van der Waals surface area (Å²) in [4.78, 5) is 14.0. The predicted molar refractivity (Wildman–Crippen MR) is 84.8 cm³/mol. The molecule has 0 spiro atoms. The van der Waals surface area contributed by atoms with E-state index in [1.165, 1.54) is 12.1 Å². The van der Waals surface area contributed by atoms with E-state index in [9.17, 15) is 13.2 Å². The Morgan fingerprint density at radius 3 is 2.33 bits per heavy atom. The van der Waals surface area contributed by atoms with Crippen molar-refractivity contribution in [3.63, 3.8) is 0 Å². The first kappa shape index (κ1) is 16.7. The van der Waals surface area contributed by atoms with Crippen LogP contribution in [0.25, 0.3) is 0 Å². The van der Waals surface area contributed by atoms with Crippen LogP contribution >= 0.6 is 27.5 Å². The number of halogens is 2. The molecule has 1 fully saturated rings. The van der Waals surface area contributed by atoms with Crippen LogP contribution in [0.4, 0.5) is 0 Å². The van der Waals surface area contributed by atoms with Crippen molar-refractivity contribution in [2.75, 3.05) is 13.1 Å². The van der Waals surface area contributed by atoms with Gasteiger partial charge >= 0.3 is 0 Å². The zero-order valence-corrected chi connectivity index (χ0v) is 14.8. The van der Waals surface area contributed by atoms with Crippen LogP contribution in [0.2, 0.25) is 5.02 Å². The van der Waals surface area contributed by atoms with E-state index in [4.69, 9.17) is 16.7 Å². The van der Waals surface area contributed by atoms with Crippen molar-refractivity contribution in [3.05, 3.63) is 27.2 Å². The molecule has 1 amide bonds. The van der Waals surface area contributed by atoms with E-state index >= 15 is 0 Å². The summed E-state index contributed by atoms with van der Waals surface area (Å²) >= 11 is 9.08. The molecule has 0 saturated carbocycles. The van der Waals surface area contributed by atoms with Crippen LogP contribution in [0, 0.1) is 11.8 Å². The smallest absolute Gasteiger partial charge is 0.253 e. The number of sulfonamides is 1. The molecule has 1 aromatic carbocycles. The van der Waals surface area contributed by atoms with Crippen LogP contribution in [0.1, 0.15) is 24.2 Å². The SMILES string of the molecule is CC1CN(C(=O)c2cc(Cl)c(Br)c(S(N)(=O)=O)c2)CC1C. The van der Waals surface area contributed by atoms with Crippen LogP contribution in [0.3, 0.4) is 0 Å². The summed E-state index contributed by atoms with van der Waals surface area (Å²) in [5.41, 5.74) is 0.230. The van der Waals surface area contributed by atoms with Gasteiger partial charge in [0.25, 0.3) is 5.91 Å². The summed E-state index contributed by atoms with van der Waals surface area (Å²) in [6, 6.07) is 2.72. The van der Waals surface area contributed by atoms with Crippen molar-refractivity contribution >= 4 is 43.5 Å². The lowest BCUT2D eigenvalue weighted by Gasteiger charge is -2.17. The second-order valence-corrected chi connectivity index (χ2v) is 8.21. The topological polar surface area (TPSA) is 80.5 Å². The molecule has 1 heterocycles. The molecular formula is C13H16BrClN2O3S. The highest BCUT2D eigenvalue weighted by Crippen LogP contribution is 2.32. The standard InChI is InChI=1S/C13H16BrClN2O3S/c1-7-5-17(6-8(7)2)13(18)9-3-10(15)12(14)11(4-9)21(16,19)20/h3-4,7-8H,5-6H2,1-2H3,(H2,16,19,20). The molecule has 2 atom stereocenters. The molecular weight excluding hydrogens is 380 g/mol. The van der Waals surface area contributed by atoms with Gasteiger partial charge in [0.15, 0.2) is 0 Å². The monoisotopic (exact) mass is 394 g/mol. The van der Waals surface area contributed by atoms with Crippen molar-refractivity contribution in [1.82, 2.24) is 4.90 Å². The van der Waals surface area contributed by atoms with Gasteiger partial charge in [-0.3, -0.25) is 4.79 Å². The minimum absolute atomic E-state index is 0.144. The maximum atomic E-state index is 12.5. The van der Waals surface area contributed by atoms with Crippen molar-refractivity contribution in [2.24, 2.45) is 17.0 Å². The van der Waals surface area contributed by atoms with Crippen molar-refractivity contribution in [2.45, 2.75) is 18.7 Å². The average Bonchev–Trinajstić information content (AvgIpc) is 2.70. The van der Waals surface area contributed by atoms with Gasteiger partial charge in [-0.15, -0.1) is 0 Å². The minimum Gasteiger partial charge on any atom is -0.338 e. The summed E-state index contributed by atoms with van der Waals surface area (Å²) in [6.45, 7) is 5.47. The Labute approximate surface area is 137 Å². The number of nitrogens with two attached hydrogens (primary N) is 1. The maximum absolute atomic E-state index is 12.5. The quantitative estimate of drug-likeness (QED) is 0.835. The van der Waals surface area contributed by atoms with E-state index in [1.54, 1.807) is 4.90 Å². The molecule has 1 aliphatic heterocycles. The summed E-state index contributed by atoms with van der Waals surface area (Å²) < 4.78 is 23.3. The molecule has 0 radical (unpaired) electrons. The van der Waals surface area contributed by atoms with Crippen LogP contribution in [-0.4, -0.2) is 32.3 Å². The Morgan fingerprint density at radius 2 is 1.86 bits per heavy atom. The third-order valence-electron chi connectivity index (χ3n) is 3.82. The molecule has 1 saturated heterocycles.